The van der Waals surface area contributed by atoms with E-state index in [1.807, 2.05) is 48.5 Å². The fraction of sp³-hybridized carbons (Fsp3) is 0.357. The van der Waals surface area contributed by atoms with Gasteiger partial charge in [-0.05, 0) is 41.2 Å². The van der Waals surface area contributed by atoms with E-state index in [-0.39, 0.29) is 16.3 Å². The molecule has 0 bridgehead atoms. The van der Waals surface area contributed by atoms with Crippen molar-refractivity contribution in [3.63, 3.8) is 0 Å². The largest absolute Gasteiger partial charge is 0.489 e. The summed E-state index contributed by atoms with van der Waals surface area (Å²) >= 11 is 1.76. The first kappa shape index (κ1) is 21.6. The minimum Gasteiger partial charge on any atom is -0.489 e. The van der Waals surface area contributed by atoms with Crippen molar-refractivity contribution < 1.29 is 14.6 Å². The van der Waals surface area contributed by atoms with Crippen LogP contribution in [0.3, 0.4) is 0 Å². The maximum absolute atomic E-state index is 11.1. The SMILES string of the molecule is CC1(C)S[C@H]([C@@H](O)c2ccccc2)O[C@H]2c3cccc(OCc4ccccc4)c3CC[C@H]21. The number of rotatable bonds is 5. The summed E-state index contributed by atoms with van der Waals surface area (Å²) in [6.07, 6.45) is 1.33. The van der Waals surface area contributed by atoms with Crippen molar-refractivity contribution in [2.24, 2.45) is 5.92 Å². The molecule has 4 heteroatoms. The van der Waals surface area contributed by atoms with Crippen molar-refractivity contribution in [2.45, 2.75) is 55.7 Å². The summed E-state index contributed by atoms with van der Waals surface area (Å²) in [5.74, 6) is 1.34. The number of hydrogen-bond donors (Lipinski definition) is 1. The molecule has 0 aromatic heterocycles. The standard InChI is InChI=1S/C28H30O3S/c1-28(2)23-17-16-21-22(14-9-15-24(21)30-18-19-10-5-3-6-11-19)26(23)31-27(32-28)25(29)20-12-7-4-8-13-20/h3-15,23,25-27,29H,16-18H2,1-2H3/t23-,25+,26+,27-/m1/s1. The monoisotopic (exact) mass is 446 g/mol. The van der Waals surface area contributed by atoms with Crippen LogP contribution in [0.15, 0.2) is 78.9 Å². The highest BCUT2D eigenvalue weighted by Crippen LogP contribution is 2.56. The minimum atomic E-state index is -0.663. The van der Waals surface area contributed by atoms with Crippen molar-refractivity contribution >= 4 is 11.8 Å². The van der Waals surface area contributed by atoms with Crippen LogP contribution in [0.2, 0.25) is 0 Å². The van der Waals surface area contributed by atoms with E-state index < -0.39 is 6.10 Å². The van der Waals surface area contributed by atoms with E-state index >= 15 is 0 Å². The second-order valence-electron chi connectivity index (χ2n) is 9.25. The Morgan fingerprint density at radius 2 is 1.72 bits per heavy atom. The molecule has 166 valence electrons. The maximum Gasteiger partial charge on any atom is 0.134 e. The van der Waals surface area contributed by atoms with E-state index in [0.717, 1.165) is 29.7 Å². The Morgan fingerprint density at radius 3 is 2.47 bits per heavy atom. The lowest BCUT2D eigenvalue weighted by Crippen LogP contribution is -2.45. The van der Waals surface area contributed by atoms with Gasteiger partial charge in [0.25, 0.3) is 0 Å². The molecule has 0 unspecified atom stereocenters. The third-order valence-electron chi connectivity index (χ3n) is 6.78. The zero-order chi connectivity index (χ0) is 22.1. The summed E-state index contributed by atoms with van der Waals surface area (Å²) in [5, 5.41) is 11.1. The molecular weight excluding hydrogens is 416 g/mol. The Bertz CT molecular complexity index is 1050. The van der Waals surface area contributed by atoms with Crippen molar-refractivity contribution in [3.05, 3.63) is 101 Å². The Labute approximate surface area is 194 Å². The summed E-state index contributed by atoms with van der Waals surface area (Å²) in [6, 6.07) is 26.4. The average Bonchev–Trinajstić information content (AvgIpc) is 2.82. The topological polar surface area (TPSA) is 38.7 Å². The van der Waals surface area contributed by atoms with Crippen LogP contribution in [0.1, 0.15) is 54.7 Å². The second-order valence-corrected chi connectivity index (χ2v) is 11.0. The molecule has 5 rings (SSSR count). The van der Waals surface area contributed by atoms with Gasteiger partial charge < -0.3 is 14.6 Å². The molecule has 4 atom stereocenters. The van der Waals surface area contributed by atoms with Crippen LogP contribution in [0.5, 0.6) is 5.75 Å². The first-order valence-electron chi connectivity index (χ1n) is 11.4. The predicted octanol–water partition coefficient (Wildman–Crippen LogP) is 6.47. The van der Waals surface area contributed by atoms with E-state index in [9.17, 15) is 5.11 Å². The highest BCUT2D eigenvalue weighted by Gasteiger charge is 2.49. The molecule has 0 saturated carbocycles. The lowest BCUT2D eigenvalue weighted by molar-refractivity contribution is -0.0801. The van der Waals surface area contributed by atoms with Crippen LogP contribution >= 0.6 is 11.8 Å². The van der Waals surface area contributed by atoms with Crippen LogP contribution in [-0.2, 0) is 17.8 Å². The summed E-state index contributed by atoms with van der Waals surface area (Å²) in [6.45, 7) is 5.15. The normalized spacial score (nSPS) is 24.8. The number of hydrogen-bond acceptors (Lipinski definition) is 4. The quantitative estimate of drug-likeness (QED) is 0.487. The molecule has 1 heterocycles. The molecule has 1 fully saturated rings. The number of aliphatic hydroxyl groups is 1. The van der Waals surface area contributed by atoms with Gasteiger partial charge in [-0.2, -0.15) is 0 Å². The second kappa shape index (κ2) is 8.93. The van der Waals surface area contributed by atoms with Gasteiger partial charge in [-0.3, -0.25) is 0 Å². The van der Waals surface area contributed by atoms with E-state index in [1.165, 1.54) is 11.1 Å². The summed E-state index contributed by atoms with van der Waals surface area (Å²) in [4.78, 5) is 0. The Morgan fingerprint density at radius 1 is 1.00 bits per heavy atom. The van der Waals surface area contributed by atoms with E-state index in [2.05, 4.69) is 44.2 Å². The average molecular weight is 447 g/mol. The van der Waals surface area contributed by atoms with E-state index in [1.54, 1.807) is 11.8 Å². The van der Waals surface area contributed by atoms with Crippen LogP contribution in [0, 0.1) is 5.92 Å². The molecule has 3 aromatic carbocycles. The third kappa shape index (κ3) is 4.19. The van der Waals surface area contributed by atoms with Crippen molar-refractivity contribution in [1.82, 2.24) is 0 Å². The van der Waals surface area contributed by atoms with Gasteiger partial charge in [-0.15, -0.1) is 11.8 Å². The lowest BCUT2D eigenvalue weighted by atomic mass is 9.75. The number of aliphatic hydroxyl groups excluding tert-OH is 1. The third-order valence-corrected chi connectivity index (χ3v) is 8.29. The molecule has 2 aliphatic rings. The molecule has 0 spiro atoms. The first-order chi connectivity index (χ1) is 15.5. The number of ether oxygens (including phenoxy) is 2. The highest BCUT2D eigenvalue weighted by atomic mass is 32.2. The van der Waals surface area contributed by atoms with Gasteiger partial charge in [0.15, 0.2) is 0 Å². The highest BCUT2D eigenvalue weighted by molar-refractivity contribution is 8.01. The lowest BCUT2D eigenvalue weighted by Gasteiger charge is -2.50. The van der Waals surface area contributed by atoms with E-state index in [4.69, 9.17) is 9.47 Å². The smallest absolute Gasteiger partial charge is 0.134 e. The molecule has 0 radical (unpaired) electrons. The molecule has 1 saturated heterocycles. The Balaban J connectivity index is 1.42. The molecule has 32 heavy (non-hydrogen) atoms. The molecule has 3 nitrogen and oxygen atoms in total. The number of fused-ring (bicyclic) bond motifs is 3. The van der Waals surface area contributed by atoms with Crippen molar-refractivity contribution in [3.8, 4) is 5.75 Å². The maximum atomic E-state index is 11.1. The van der Waals surface area contributed by atoms with Crippen LogP contribution in [0.4, 0.5) is 0 Å². The summed E-state index contributed by atoms with van der Waals surface area (Å²) in [7, 11) is 0. The number of benzene rings is 3. The van der Waals surface area contributed by atoms with Gasteiger partial charge >= 0.3 is 0 Å². The molecule has 1 aliphatic heterocycles. The van der Waals surface area contributed by atoms with Gasteiger partial charge in [0.2, 0.25) is 0 Å². The van der Waals surface area contributed by atoms with E-state index in [0.29, 0.717) is 12.5 Å². The molecule has 0 amide bonds. The minimum absolute atomic E-state index is 0.00192. The van der Waals surface area contributed by atoms with Gasteiger partial charge in [0.1, 0.15) is 23.9 Å². The molecule has 3 aromatic rings. The predicted molar refractivity (Wildman–Crippen MR) is 130 cm³/mol. The van der Waals surface area contributed by atoms with Gasteiger partial charge in [-0.25, -0.2) is 0 Å². The summed E-state index contributed by atoms with van der Waals surface area (Å²) in [5.41, 5.74) is 4.21. The first-order valence-corrected chi connectivity index (χ1v) is 12.3. The fourth-order valence-corrected chi connectivity index (χ4v) is 6.52. The zero-order valence-corrected chi connectivity index (χ0v) is 19.4. The zero-order valence-electron chi connectivity index (χ0n) is 18.6. The van der Waals surface area contributed by atoms with Crippen LogP contribution in [-0.4, -0.2) is 15.3 Å². The van der Waals surface area contributed by atoms with Crippen LogP contribution in [0.25, 0.3) is 0 Å². The summed E-state index contributed by atoms with van der Waals surface area (Å²) < 4.78 is 12.9. The fourth-order valence-electron chi connectivity index (χ4n) is 5.04. The molecular formula is C28H30O3S. The van der Waals surface area contributed by atoms with Crippen molar-refractivity contribution in [2.75, 3.05) is 0 Å². The Kier molecular flexibility index (Phi) is 6.02. The molecule has 1 N–H and O–H groups in total. The van der Waals surface area contributed by atoms with Crippen molar-refractivity contribution in [1.29, 1.82) is 0 Å². The van der Waals surface area contributed by atoms with Crippen LogP contribution < -0.4 is 4.74 Å². The number of thioether (sulfide) groups is 1. The molecule has 1 aliphatic carbocycles. The van der Waals surface area contributed by atoms with Gasteiger partial charge in [0, 0.05) is 10.7 Å². The van der Waals surface area contributed by atoms with Gasteiger partial charge in [0.05, 0.1) is 6.10 Å². The van der Waals surface area contributed by atoms with Gasteiger partial charge in [-0.1, -0.05) is 86.6 Å². The Hall–Kier alpha value is -2.27.